The standard InChI is InChI=1S/C10H12N2O/c1-2-3-6-12-10(13)9-4-7-11-8-5-9/h2-5,7-8H,6H2,1H3,(H,12,13)/b3-2+. The van der Waals surface area contributed by atoms with E-state index < -0.39 is 0 Å². The summed E-state index contributed by atoms with van der Waals surface area (Å²) < 4.78 is 0. The fourth-order valence-corrected chi connectivity index (χ4v) is 0.875. The summed E-state index contributed by atoms with van der Waals surface area (Å²) in [6.07, 6.45) is 6.99. The molecule has 0 aromatic carbocycles. The lowest BCUT2D eigenvalue weighted by atomic mass is 10.2. The lowest BCUT2D eigenvalue weighted by molar-refractivity contribution is 0.0958. The van der Waals surface area contributed by atoms with Crippen LogP contribution in [-0.2, 0) is 0 Å². The fourth-order valence-electron chi connectivity index (χ4n) is 0.875. The molecule has 13 heavy (non-hydrogen) atoms. The Kier molecular flexibility index (Phi) is 3.70. The number of carbonyl (C=O) groups is 1. The number of hydrogen-bond donors (Lipinski definition) is 1. The molecule has 1 amide bonds. The van der Waals surface area contributed by atoms with Gasteiger partial charge in [0.2, 0.25) is 0 Å². The smallest absolute Gasteiger partial charge is 0.251 e. The van der Waals surface area contributed by atoms with E-state index >= 15 is 0 Å². The summed E-state index contributed by atoms with van der Waals surface area (Å²) in [5, 5.41) is 2.75. The first-order chi connectivity index (χ1) is 6.34. The Morgan fingerprint density at radius 1 is 1.54 bits per heavy atom. The van der Waals surface area contributed by atoms with Crippen LogP contribution in [-0.4, -0.2) is 17.4 Å². The van der Waals surface area contributed by atoms with Gasteiger partial charge in [-0.25, -0.2) is 0 Å². The molecule has 3 heteroatoms. The highest BCUT2D eigenvalue weighted by Gasteiger charge is 2.00. The van der Waals surface area contributed by atoms with Crippen LogP contribution < -0.4 is 5.32 Å². The van der Waals surface area contributed by atoms with Gasteiger partial charge in [-0.2, -0.15) is 0 Å². The summed E-state index contributed by atoms with van der Waals surface area (Å²) in [5.41, 5.74) is 0.638. The third-order valence-electron chi connectivity index (χ3n) is 1.56. The zero-order valence-corrected chi connectivity index (χ0v) is 7.53. The van der Waals surface area contributed by atoms with Gasteiger partial charge in [0.15, 0.2) is 0 Å². The summed E-state index contributed by atoms with van der Waals surface area (Å²) in [7, 11) is 0. The maximum absolute atomic E-state index is 11.3. The number of carbonyl (C=O) groups excluding carboxylic acids is 1. The van der Waals surface area contributed by atoms with Crippen molar-refractivity contribution < 1.29 is 4.79 Å². The maximum atomic E-state index is 11.3. The topological polar surface area (TPSA) is 42.0 Å². The van der Waals surface area contributed by atoms with Crippen molar-refractivity contribution in [1.29, 1.82) is 0 Å². The van der Waals surface area contributed by atoms with Crippen molar-refractivity contribution in [1.82, 2.24) is 10.3 Å². The fraction of sp³-hybridized carbons (Fsp3) is 0.200. The number of rotatable bonds is 3. The summed E-state index contributed by atoms with van der Waals surface area (Å²) in [4.78, 5) is 15.2. The Bertz CT molecular complexity index is 293. The van der Waals surface area contributed by atoms with E-state index in [9.17, 15) is 4.79 Å². The van der Waals surface area contributed by atoms with Gasteiger partial charge in [0.1, 0.15) is 0 Å². The molecule has 1 rings (SSSR count). The molecule has 1 aromatic heterocycles. The van der Waals surface area contributed by atoms with Crippen molar-refractivity contribution in [2.45, 2.75) is 6.92 Å². The first-order valence-corrected chi connectivity index (χ1v) is 4.14. The zero-order valence-electron chi connectivity index (χ0n) is 7.53. The second-order valence-electron chi connectivity index (χ2n) is 2.51. The second-order valence-corrected chi connectivity index (χ2v) is 2.51. The zero-order chi connectivity index (χ0) is 9.52. The van der Waals surface area contributed by atoms with Crippen LogP contribution in [0.2, 0.25) is 0 Å². The minimum absolute atomic E-state index is 0.0690. The summed E-state index contributed by atoms with van der Waals surface area (Å²) >= 11 is 0. The van der Waals surface area contributed by atoms with Crippen LogP contribution in [0.4, 0.5) is 0 Å². The van der Waals surface area contributed by atoms with Crippen LogP contribution in [0.1, 0.15) is 17.3 Å². The van der Waals surface area contributed by atoms with E-state index in [1.807, 2.05) is 19.1 Å². The average Bonchev–Trinajstić information content (AvgIpc) is 2.19. The van der Waals surface area contributed by atoms with Gasteiger partial charge in [0.05, 0.1) is 0 Å². The van der Waals surface area contributed by atoms with Gasteiger partial charge >= 0.3 is 0 Å². The van der Waals surface area contributed by atoms with Gasteiger partial charge in [-0.1, -0.05) is 12.2 Å². The number of nitrogens with zero attached hydrogens (tertiary/aromatic N) is 1. The van der Waals surface area contributed by atoms with Gasteiger partial charge in [0.25, 0.3) is 5.91 Å². The Hall–Kier alpha value is -1.64. The Morgan fingerprint density at radius 3 is 2.85 bits per heavy atom. The molecule has 68 valence electrons. The molecule has 0 bridgehead atoms. The minimum Gasteiger partial charge on any atom is -0.349 e. The van der Waals surface area contributed by atoms with Crippen LogP contribution >= 0.6 is 0 Å². The molecule has 0 atom stereocenters. The van der Waals surface area contributed by atoms with E-state index in [-0.39, 0.29) is 5.91 Å². The predicted octanol–water partition coefficient (Wildman–Crippen LogP) is 1.39. The number of nitrogens with one attached hydrogen (secondary N) is 1. The molecule has 1 heterocycles. The van der Waals surface area contributed by atoms with Crippen molar-refractivity contribution in [3.63, 3.8) is 0 Å². The highest BCUT2D eigenvalue weighted by Crippen LogP contribution is 1.94. The first kappa shape index (κ1) is 9.45. The molecule has 0 saturated carbocycles. The molecule has 0 spiro atoms. The molecule has 0 aliphatic heterocycles. The highest BCUT2D eigenvalue weighted by atomic mass is 16.1. The Balaban J connectivity index is 2.49. The van der Waals surface area contributed by atoms with Crippen molar-refractivity contribution in [3.8, 4) is 0 Å². The molecular weight excluding hydrogens is 164 g/mol. The quantitative estimate of drug-likeness (QED) is 0.707. The monoisotopic (exact) mass is 176 g/mol. The van der Waals surface area contributed by atoms with Crippen molar-refractivity contribution in [3.05, 3.63) is 42.2 Å². The van der Waals surface area contributed by atoms with E-state index in [1.165, 1.54) is 0 Å². The summed E-state index contributed by atoms with van der Waals surface area (Å²) in [5.74, 6) is -0.0690. The highest BCUT2D eigenvalue weighted by molar-refractivity contribution is 5.94. The normalized spacial score (nSPS) is 10.2. The van der Waals surface area contributed by atoms with E-state index in [2.05, 4.69) is 10.3 Å². The summed E-state index contributed by atoms with van der Waals surface area (Å²) in [6, 6.07) is 3.37. The third kappa shape index (κ3) is 3.07. The first-order valence-electron chi connectivity index (χ1n) is 4.14. The van der Waals surface area contributed by atoms with Gasteiger partial charge in [-0.3, -0.25) is 9.78 Å². The molecule has 0 saturated heterocycles. The third-order valence-corrected chi connectivity index (χ3v) is 1.56. The molecule has 0 aliphatic rings. The average molecular weight is 176 g/mol. The number of amides is 1. The second kappa shape index (κ2) is 5.09. The van der Waals surface area contributed by atoms with E-state index in [4.69, 9.17) is 0 Å². The van der Waals surface area contributed by atoms with Crippen LogP contribution in [0.3, 0.4) is 0 Å². The van der Waals surface area contributed by atoms with Crippen molar-refractivity contribution >= 4 is 5.91 Å². The lowest BCUT2D eigenvalue weighted by Crippen LogP contribution is -2.23. The van der Waals surface area contributed by atoms with Gasteiger partial charge in [-0.05, 0) is 19.1 Å². The molecule has 3 nitrogen and oxygen atoms in total. The number of hydrogen-bond acceptors (Lipinski definition) is 2. The maximum Gasteiger partial charge on any atom is 0.251 e. The molecular formula is C10H12N2O. The van der Waals surface area contributed by atoms with Crippen LogP contribution in [0.15, 0.2) is 36.7 Å². The van der Waals surface area contributed by atoms with Crippen LogP contribution in [0.5, 0.6) is 0 Å². The molecule has 0 fully saturated rings. The van der Waals surface area contributed by atoms with E-state index in [0.717, 1.165) is 0 Å². The van der Waals surface area contributed by atoms with Crippen molar-refractivity contribution in [2.75, 3.05) is 6.54 Å². The van der Waals surface area contributed by atoms with Gasteiger partial charge in [-0.15, -0.1) is 0 Å². The Morgan fingerprint density at radius 2 is 2.23 bits per heavy atom. The van der Waals surface area contributed by atoms with Crippen molar-refractivity contribution in [2.24, 2.45) is 0 Å². The largest absolute Gasteiger partial charge is 0.349 e. The SMILES string of the molecule is C/C=C/CNC(=O)c1ccncc1. The number of allylic oxidation sites excluding steroid dienone is 1. The molecule has 0 radical (unpaired) electrons. The van der Waals surface area contributed by atoms with Crippen LogP contribution in [0, 0.1) is 0 Å². The van der Waals surface area contributed by atoms with E-state index in [0.29, 0.717) is 12.1 Å². The van der Waals surface area contributed by atoms with Crippen LogP contribution in [0.25, 0.3) is 0 Å². The number of pyridine rings is 1. The van der Waals surface area contributed by atoms with Gasteiger partial charge in [0, 0.05) is 24.5 Å². The molecule has 0 unspecified atom stereocenters. The number of aromatic nitrogens is 1. The minimum atomic E-state index is -0.0690. The molecule has 1 N–H and O–H groups in total. The Labute approximate surface area is 77.5 Å². The van der Waals surface area contributed by atoms with E-state index in [1.54, 1.807) is 24.5 Å². The lowest BCUT2D eigenvalue weighted by Gasteiger charge is -2.00. The predicted molar refractivity (Wildman–Crippen MR) is 51.4 cm³/mol. The summed E-state index contributed by atoms with van der Waals surface area (Å²) in [6.45, 7) is 2.48. The molecule has 1 aromatic rings. The van der Waals surface area contributed by atoms with Gasteiger partial charge < -0.3 is 5.32 Å². The molecule has 0 aliphatic carbocycles.